The van der Waals surface area contributed by atoms with Crippen LogP contribution in [0.2, 0.25) is 0 Å². The van der Waals surface area contributed by atoms with Crippen LogP contribution >= 0.6 is 0 Å². The van der Waals surface area contributed by atoms with Crippen molar-refractivity contribution in [1.82, 2.24) is 15.4 Å². The topological polar surface area (TPSA) is 58.4 Å². The molecule has 0 bridgehead atoms. The van der Waals surface area contributed by atoms with Gasteiger partial charge in [0.05, 0.1) is 18.3 Å². The highest BCUT2D eigenvalue weighted by Gasteiger charge is 2.18. The number of aromatic nitrogens is 1. The lowest BCUT2D eigenvalue weighted by Crippen LogP contribution is -2.38. The minimum atomic E-state index is -0.0924. The van der Waals surface area contributed by atoms with Crippen molar-refractivity contribution in [1.29, 1.82) is 0 Å². The van der Waals surface area contributed by atoms with Gasteiger partial charge >= 0.3 is 6.03 Å². The third-order valence-corrected chi connectivity index (χ3v) is 5.14. The van der Waals surface area contributed by atoms with E-state index in [-0.39, 0.29) is 12.1 Å². The molecule has 1 aliphatic rings. The van der Waals surface area contributed by atoms with Gasteiger partial charge in [0.1, 0.15) is 5.76 Å². The average molecular weight is 341 g/mol. The van der Waals surface area contributed by atoms with E-state index in [9.17, 15) is 4.79 Å². The zero-order valence-electron chi connectivity index (χ0n) is 15.6. The predicted molar refractivity (Wildman–Crippen MR) is 97.5 cm³/mol. The second-order valence-electron chi connectivity index (χ2n) is 7.07. The Kier molecular flexibility index (Phi) is 5.11. The quantitative estimate of drug-likeness (QED) is 0.912. The summed E-state index contributed by atoms with van der Waals surface area (Å²) in [6.45, 7) is 6.29. The fourth-order valence-electron chi connectivity index (χ4n) is 3.44. The van der Waals surface area contributed by atoms with Crippen molar-refractivity contribution in [2.75, 3.05) is 7.05 Å². The van der Waals surface area contributed by atoms with Crippen LogP contribution in [-0.4, -0.2) is 23.1 Å². The maximum absolute atomic E-state index is 12.5. The second kappa shape index (κ2) is 7.30. The lowest BCUT2D eigenvalue weighted by Gasteiger charge is -2.23. The lowest BCUT2D eigenvalue weighted by molar-refractivity contribution is 0.203. The van der Waals surface area contributed by atoms with Gasteiger partial charge < -0.3 is 14.7 Å². The lowest BCUT2D eigenvalue weighted by atomic mass is 9.89. The zero-order valence-corrected chi connectivity index (χ0v) is 15.6. The summed E-state index contributed by atoms with van der Waals surface area (Å²) in [4.78, 5) is 14.2. The van der Waals surface area contributed by atoms with E-state index in [1.807, 2.05) is 20.8 Å². The highest BCUT2D eigenvalue weighted by molar-refractivity contribution is 5.74. The van der Waals surface area contributed by atoms with E-state index >= 15 is 0 Å². The van der Waals surface area contributed by atoms with Crippen LogP contribution in [0.25, 0.3) is 0 Å². The largest absolute Gasteiger partial charge is 0.361 e. The molecule has 1 aliphatic carbocycles. The molecule has 134 valence electrons. The van der Waals surface area contributed by atoms with Crippen molar-refractivity contribution in [3.8, 4) is 0 Å². The summed E-state index contributed by atoms with van der Waals surface area (Å²) >= 11 is 0. The number of hydrogen-bond acceptors (Lipinski definition) is 3. The first-order valence-corrected chi connectivity index (χ1v) is 9.00. The molecule has 0 aliphatic heterocycles. The molecule has 1 aromatic carbocycles. The molecule has 1 aromatic heterocycles. The van der Waals surface area contributed by atoms with E-state index in [0.29, 0.717) is 6.54 Å². The molecule has 1 unspecified atom stereocenters. The first kappa shape index (κ1) is 17.5. The van der Waals surface area contributed by atoms with Gasteiger partial charge in [-0.25, -0.2) is 4.79 Å². The van der Waals surface area contributed by atoms with E-state index in [1.54, 1.807) is 11.9 Å². The smallest absolute Gasteiger partial charge is 0.317 e. The molecule has 0 fully saturated rings. The molecular weight excluding hydrogens is 314 g/mol. The maximum atomic E-state index is 12.5. The standard InChI is InChI=1S/C20H27N3O2/c1-13(17-10-9-16-7-5-6-8-18(16)11-17)21-20(24)23(4)12-19-14(2)22-25-15(19)3/h9-11,13H,5-8,12H2,1-4H3,(H,21,24). The predicted octanol–water partition coefficient (Wildman–Crippen LogP) is 4.07. The van der Waals surface area contributed by atoms with Crippen molar-refractivity contribution in [3.05, 3.63) is 51.9 Å². The highest BCUT2D eigenvalue weighted by Crippen LogP contribution is 2.25. The number of benzene rings is 1. The van der Waals surface area contributed by atoms with Crippen molar-refractivity contribution < 1.29 is 9.32 Å². The van der Waals surface area contributed by atoms with Crippen LogP contribution in [0, 0.1) is 13.8 Å². The summed E-state index contributed by atoms with van der Waals surface area (Å²) in [6, 6.07) is 6.51. The van der Waals surface area contributed by atoms with Crippen LogP contribution in [0.5, 0.6) is 0 Å². The van der Waals surface area contributed by atoms with E-state index in [4.69, 9.17) is 4.52 Å². The Morgan fingerprint density at radius 3 is 2.68 bits per heavy atom. The van der Waals surface area contributed by atoms with Crippen LogP contribution in [0.15, 0.2) is 22.7 Å². The molecule has 0 radical (unpaired) electrons. The number of carbonyl (C=O) groups excluding carboxylic acids is 1. The first-order valence-electron chi connectivity index (χ1n) is 9.00. The Hall–Kier alpha value is -2.30. The van der Waals surface area contributed by atoms with Crippen LogP contribution < -0.4 is 5.32 Å². The first-order chi connectivity index (χ1) is 12.0. The van der Waals surface area contributed by atoms with Gasteiger partial charge in [-0.2, -0.15) is 0 Å². The van der Waals surface area contributed by atoms with Gasteiger partial charge in [0.15, 0.2) is 0 Å². The Morgan fingerprint density at radius 1 is 1.28 bits per heavy atom. The number of fused-ring (bicyclic) bond motifs is 1. The molecule has 0 spiro atoms. The average Bonchev–Trinajstić information content (AvgIpc) is 2.93. The van der Waals surface area contributed by atoms with Gasteiger partial charge in [-0.15, -0.1) is 0 Å². The van der Waals surface area contributed by atoms with Gasteiger partial charge in [0.2, 0.25) is 0 Å². The summed E-state index contributed by atoms with van der Waals surface area (Å²) in [5, 5.41) is 7.03. The van der Waals surface area contributed by atoms with Gasteiger partial charge in [-0.05, 0) is 63.1 Å². The van der Waals surface area contributed by atoms with Crippen LogP contribution in [0.3, 0.4) is 0 Å². The van der Waals surface area contributed by atoms with E-state index in [2.05, 4.69) is 28.7 Å². The van der Waals surface area contributed by atoms with Crippen LogP contribution in [0.4, 0.5) is 4.79 Å². The van der Waals surface area contributed by atoms with Crippen molar-refractivity contribution >= 4 is 6.03 Å². The highest BCUT2D eigenvalue weighted by atomic mass is 16.5. The third kappa shape index (κ3) is 3.86. The minimum Gasteiger partial charge on any atom is -0.361 e. The Labute approximate surface area is 149 Å². The fraction of sp³-hybridized carbons (Fsp3) is 0.500. The molecule has 1 heterocycles. The normalized spacial score (nSPS) is 14.7. The molecule has 5 nitrogen and oxygen atoms in total. The fourth-order valence-corrected chi connectivity index (χ4v) is 3.44. The number of amides is 2. The molecule has 1 atom stereocenters. The van der Waals surface area contributed by atoms with Crippen molar-refractivity contribution in [3.63, 3.8) is 0 Å². The summed E-state index contributed by atoms with van der Waals surface area (Å²) in [6.07, 6.45) is 4.87. The molecule has 2 aromatic rings. The molecule has 0 saturated carbocycles. The molecule has 2 amide bonds. The van der Waals surface area contributed by atoms with Gasteiger partial charge in [-0.1, -0.05) is 23.4 Å². The zero-order chi connectivity index (χ0) is 18.0. The number of nitrogens with one attached hydrogen (secondary N) is 1. The molecule has 1 N–H and O–H groups in total. The van der Waals surface area contributed by atoms with Crippen molar-refractivity contribution in [2.24, 2.45) is 0 Å². The summed E-state index contributed by atoms with van der Waals surface area (Å²) in [5.74, 6) is 0.764. The Bertz CT molecular complexity index is 747. The van der Waals surface area contributed by atoms with Crippen molar-refractivity contribution in [2.45, 2.75) is 59.0 Å². The minimum absolute atomic E-state index is 0.0214. The maximum Gasteiger partial charge on any atom is 0.317 e. The Morgan fingerprint density at radius 2 is 2.00 bits per heavy atom. The molecule has 3 rings (SSSR count). The summed E-state index contributed by atoms with van der Waals surface area (Å²) in [7, 11) is 1.79. The monoisotopic (exact) mass is 341 g/mol. The Balaban J connectivity index is 1.64. The van der Waals surface area contributed by atoms with E-state index in [0.717, 1.165) is 23.4 Å². The van der Waals surface area contributed by atoms with Gasteiger partial charge in [0.25, 0.3) is 0 Å². The molecule has 5 heteroatoms. The van der Waals surface area contributed by atoms with Crippen LogP contribution in [-0.2, 0) is 19.4 Å². The number of hydrogen-bond donors (Lipinski definition) is 1. The molecule has 0 saturated heterocycles. The van der Waals surface area contributed by atoms with Gasteiger partial charge in [0, 0.05) is 12.6 Å². The molecular formula is C20H27N3O2. The van der Waals surface area contributed by atoms with Gasteiger partial charge in [-0.3, -0.25) is 0 Å². The SMILES string of the molecule is Cc1noc(C)c1CN(C)C(=O)NC(C)c1ccc2c(c1)CCCC2. The second-order valence-corrected chi connectivity index (χ2v) is 7.07. The van der Waals surface area contributed by atoms with Crippen LogP contribution in [0.1, 0.15) is 59.5 Å². The molecule has 25 heavy (non-hydrogen) atoms. The summed E-state index contributed by atoms with van der Waals surface area (Å²) < 4.78 is 5.17. The summed E-state index contributed by atoms with van der Waals surface area (Å²) in [5.41, 5.74) is 5.87. The number of aryl methyl sites for hydroxylation is 4. The number of rotatable bonds is 4. The number of urea groups is 1. The van der Waals surface area contributed by atoms with E-state index < -0.39 is 0 Å². The number of carbonyl (C=O) groups is 1. The third-order valence-electron chi connectivity index (χ3n) is 5.14. The number of nitrogens with zero attached hydrogens (tertiary/aromatic N) is 2. The van der Waals surface area contributed by atoms with E-state index in [1.165, 1.54) is 36.0 Å².